The molecule has 0 bridgehead atoms. The molecule has 1 heterocycles. The molecule has 2 nitrogen and oxygen atoms in total. The van der Waals surface area contributed by atoms with Crippen LogP contribution in [0.3, 0.4) is 0 Å². The molecule has 15 heavy (non-hydrogen) atoms. The number of alkyl halides is 1. The number of halogens is 1. The lowest BCUT2D eigenvalue weighted by Gasteiger charge is -2.07. The Hall–Kier alpha value is -0.830. The van der Waals surface area contributed by atoms with Crippen LogP contribution in [0.5, 0.6) is 5.88 Å². The molecular weight excluding hydrogens is 254 g/mol. The molecule has 0 aromatic carbocycles. The number of methoxy groups -OCH3 is 1. The SMILES string of the molecule is COc1ccc(/C=C(/CBr)C(C)C)cn1. The fourth-order valence-corrected chi connectivity index (χ4v) is 1.98. The van der Waals surface area contributed by atoms with E-state index in [-0.39, 0.29) is 0 Å². The zero-order chi connectivity index (χ0) is 11.3. The fourth-order valence-electron chi connectivity index (χ4n) is 1.17. The molecule has 0 amide bonds. The van der Waals surface area contributed by atoms with Gasteiger partial charge in [0, 0.05) is 17.6 Å². The first kappa shape index (κ1) is 12.2. The van der Waals surface area contributed by atoms with Crippen LogP contribution in [0, 0.1) is 5.92 Å². The van der Waals surface area contributed by atoms with Gasteiger partial charge in [-0.2, -0.15) is 0 Å². The fraction of sp³-hybridized carbons (Fsp3) is 0.417. The van der Waals surface area contributed by atoms with Crippen LogP contribution in [-0.2, 0) is 0 Å². The zero-order valence-corrected chi connectivity index (χ0v) is 10.9. The van der Waals surface area contributed by atoms with Gasteiger partial charge in [0.15, 0.2) is 0 Å². The molecule has 0 N–H and O–H groups in total. The first-order valence-electron chi connectivity index (χ1n) is 4.94. The molecule has 0 radical (unpaired) electrons. The van der Waals surface area contributed by atoms with Gasteiger partial charge in [-0.15, -0.1) is 0 Å². The number of hydrogen-bond acceptors (Lipinski definition) is 2. The second-order valence-corrected chi connectivity index (χ2v) is 4.20. The standard InChI is InChI=1S/C12H16BrNO/c1-9(2)11(7-13)6-10-4-5-12(15-3)14-8-10/h4-6,8-9H,7H2,1-3H3/b11-6-. The normalized spacial score (nSPS) is 11.9. The van der Waals surface area contributed by atoms with Gasteiger partial charge in [-0.05, 0) is 17.5 Å². The Kier molecular flexibility index (Phi) is 4.82. The summed E-state index contributed by atoms with van der Waals surface area (Å²) < 4.78 is 5.01. The Morgan fingerprint density at radius 2 is 2.27 bits per heavy atom. The monoisotopic (exact) mass is 269 g/mol. The highest BCUT2D eigenvalue weighted by molar-refractivity contribution is 9.09. The maximum absolute atomic E-state index is 5.01. The predicted molar refractivity (Wildman–Crippen MR) is 67.4 cm³/mol. The molecule has 0 unspecified atom stereocenters. The second kappa shape index (κ2) is 5.91. The summed E-state index contributed by atoms with van der Waals surface area (Å²) in [4.78, 5) is 4.16. The maximum Gasteiger partial charge on any atom is 0.212 e. The van der Waals surface area contributed by atoms with Gasteiger partial charge >= 0.3 is 0 Å². The first-order chi connectivity index (χ1) is 7.17. The van der Waals surface area contributed by atoms with E-state index in [9.17, 15) is 0 Å². The number of rotatable bonds is 4. The van der Waals surface area contributed by atoms with E-state index >= 15 is 0 Å². The summed E-state index contributed by atoms with van der Waals surface area (Å²) in [6.07, 6.45) is 3.98. The molecule has 0 spiro atoms. The van der Waals surface area contributed by atoms with Crippen LogP contribution in [0.1, 0.15) is 19.4 Å². The summed E-state index contributed by atoms with van der Waals surface area (Å²) in [5.74, 6) is 1.20. The van der Waals surface area contributed by atoms with Crippen molar-refractivity contribution in [2.24, 2.45) is 5.92 Å². The lowest BCUT2D eigenvalue weighted by molar-refractivity contribution is 0.398. The topological polar surface area (TPSA) is 22.1 Å². The first-order valence-corrected chi connectivity index (χ1v) is 6.06. The third kappa shape index (κ3) is 3.67. The molecule has 0 saturated heterocycles. The average Bonchev–Trinajstić information content (AvgIpc) is 2.26. The molecule has 1 rings (SSSR count). The Morgan fingerprint density at radius 1 is 1.53 bits per heavy atom. The van der Waals surface area contributed by atoms with E-state index in [1.807, 2.05) is 18.3 Å². The minimum atomic E-state index is 0.548. The second-order valence-electron chi connectivity index (χ2n) is 3.64. The molecule has 0 fully saturated rings. The smallest absolute Gasteiger partial charge is 0.212 e. The summed E-state index contributed by atoms with van der Waals surface area (Å²) in [6, 6.07) is 3.88. The van der Waals surface area contributed by atoms with E-state index < -0.39 is 0 Å². The number of nitrogens with zero attached hydrogens (tertiary/aromatic N) is 1. The van der Waals surface area contributed by atoms with Crippen molar-refractivity contribution in [2.75, 3.05) is 12.4 Å². The highest BCUT2D eigenvalue weighted by atomic mass is 79.9. The Balaban J connectivity index is 2.87. The van der Waals surface area contributed by atoms with Gasteiger partial charge in [-0.3, -0.25) is 0 Å². The van der Waals surface area contributed by atoms with Crippen LogP contribution in [0.2, 0.25) is 0 Å². The quantitative estimate of drug-likeness (QED) is 0.781. The number of ether oxygens (including phenoxy) is 1. The molecular formula is C12H16BrNO. The van der Waals surface area contributed by atoms with E-state index in [0.29, 0.717) is 11.8 Å². The third-order valence-corrected chi connectivity index (χ3v) is 2.86. The van der Waals surface area contributed by atoms with Gasteiger partial charge in [-0.1, -0.05) is 41.4 Å². The van der Waals surface area contributed by atoms with Crippen molar-refractivity contribution in [3.8, 4) is 5.88 Å². The Bertz CT molecular complexity index is 330. The number of pyridine rings is 1. The number of aromatic nitrogens is 1. The van der Waals surface area contributed by atoms with Crippen LogP contribution in [0.25, 0.3) is 6.08 Å². The molecule has 0 aliphatic rings. The lowest BCUT2D eigenvalue weighted by Crippen LogP contribution is -1.95. The largest absolute Gasteiger partial charge is 0.481 e. The predicted octanol–water partition coefficient (Wildman–Crippen LogP) is 3.52. The van der Waals surface area contributed by atoms with Gasteiger partial charge < -0.3 is 4.74 Å². The molecule has 0 aliphatic heterocycles. The van der Waals surface area contributed by atoms with Crippen LogP contribution in [0.15, 0.2) is 23.9 Å². The number of allylic oxidation sites excluding steroid dienone is 1. The van der Waals surface area contributed by atoms with Crippen LogP contribution >= 0.6 is 15.9 Å². The van der Waals surface area contributed by atoms with Gasteiger partial charge in [0.2, 0.25) is 5.88 Å². The van der Waals surface area contributed by atoms with Crippen molar-refractivity contribution in [2.45, 2.75) is 13.8 Å². The summed E-state index contributed by atoms with van der Waals surface area (Å²) in [7, 11) is 1.62. The average molecular weight is 270 g/mol. The van der Waals surface area contributed by atoms with E-state index in [4.69, 9.17) is 4.74 Å². The van der Waals surface area contributed by atoms with Crippen molar-refractivity contribution in [1.29, 1.82) is 0 Å². The minimum Gasteiger partial charge on any atom is -0.481 e. The Morgan fingerprint density at radius 3 is 2.67 bits per heavy atom. The van der Waals surface area contributed by atoms with Gasteiger partial charge in [0.25, 0.3) is 0 Å². The van der Waals surface area contributed by atoms with Crippen molar-refractivity contribution in [3.05, 3.63) is 29.5 Å². The highest BCUT2D eigenvalue weighted by Crippen LogP contribution is 2.17. The van der Waals surface area contributed by atoms with Gasteiger partial charge in [-0.25, -0.2) is 4.98 Å². The van der Waals surface area contributed by atoms with Crippen LogP contribution in [-0.4, -0.2) is 17.4 Å². The van der Waals surface area contributed by atoms with E-state index in [0.717, 1.165) is 10.9 Å². The van der Waals surface area contributed by atoms with E-state index in [1.54, 1.807) is 7.11 Å². The molecule has 0 saturated carbocycles. The summed E-state index contributed by atoms with van der Waals surface area (Å²) in [5.41, 5.74) is 2.47. The van der Waals surface area contributed by atoms with Crippen LogP contribution in [0.4, 0.5) is 0 Å². The van der Waals surface area contributed by atoms with Gasteiger partial charge in [0.05, 0.1) is 7.11 Å². The zero-order valence-electron chi connectivity index (χ0n) is 9.33. The van der Waals surface area contributed by atoms with Gasteiger partial charge in [0.1, 0.15) is 0 Å². The maximum atomic E-state index is 5.01. The van der Waals surface area contributed by atoms with Crippen molar-refractivity contribution >= 4 is 22.0 Å². The molecule has 0 atom stereocenters. The summed E-state index contributed by atoms with van der Waals surface area (Å²) >= 11 is 3.49. The molecule has 3 heteroatoms. The Labute approximate surface area is 99.5 Å². The lowest BCUT2D eigenvalue weighted by atomic mass is 10.0. The third-order valence-electron chi connectivity index (χ3n) is 2.22. The molecule has 1 aromatic rings. The van der Waals surface area contributed by atoms with E-state index in [1.165, 1.54) is 5.57 Å². The van der Waals surface area contributed by atoms with E-state index in [2.05, 4.69) is 40.8 Å². The summed E-state index contributed by atoms with van der Waals surface area (Å²) in [6.45, 7) is 4.37. The van der Waals surface area contributed by atoms with Crippen LogP contribution < -0.4 is 4.74 Å². The molecule has 82 valence electrons. The number of hydrogen-bond donors (Lipinski definition) is 0. The van der Waals surface area contributed by atoms with Crippen molar-refractivity contribution in [3.63, 3.8) is 0 Å². The molecule has 0 aliphatic carbocycles. The minimum absolute atomic E-state index is 0.548. The van der Waals surface area contributed by atoms with Crippen molar-refractivity contribution in [1.82, 2.24) is 4.98 Å². The summed E-state index contributed by atoms with van der Waals surface area (Å²) in [5, 5.41) is 0.899. The van der Waals surface area contributed by atoms with Crippen molar-refractivity contribution < 1.29 is 4.74 Å². The highest BCUT2D eigenvalue weighted by Gasteiger charge is 2.01. The molecule has 1 aromatic heterocycles.